The topological polar surface area (TPSA) is 100 Å². The minimum Gasteiger partial charge on any atom is -0.377 e. The van der Waals surface area contributed by atoms with E-state index in [2.05, 4.69) is 44.7 Å². The predicted molar refractivity (Wildman–Crippen MR) is 146 cm³/mol. The van der Waals surface area contributed by atoms with Crippen molar-refractivity contribution >= 4 is 27.6 Å². The zero-order valence-corrected chi connectivity index (χ0v) is 23.1. The Hall–Kier alpha value is -2.63. The third-order valence-corrected chi connectivity index (χ3v) is 9.42. The van der Waals surface area contributed by atoms with Crippen LogP contribution in [0, 0.1) is 12.3 Å². The number of aryl methyl sites for hydroxylation is 1. The monoisotopic (exact) mass is 542 g/mol. The van der Waals surface area contributed by atoms with Crippen LogP contribution >= 0.6 is 0 Å². The maximum Gasteiger partial charge on any atom is 0.344 e. The Labute approximate surface area is 225 Å². The number of anilines is 2. The molecule has 1 aromatic heterocycles. The summed E-state index contributed by atoms with van der Waals surface area (Å²) in [5.74, 6) is 0.154. The summed E-state index contributed by atoms with van der Waals surface area (Å²) in [4.78, 5) is 20.1. The highest BCUT2D eigenvalue weighted by Crippen LogP contribution is 2.42. The minimum absolute atomic E-state index is 0.154. The summed E-state index contributed by atoms with van der Waals surface area (Å²) in [6.45, 7) is 8.32. The number of hydrogen-bond acceptors (Lipinski definition) is 7. The normalized spacial score (nSPS) is 25.3. The first kappa shape index (κ1) is 25.6. The highest BCUT2D eigenvalue weighted by Gasteiger charge is 2.42. The quantitative estimate of drug-likeness (QED) is 0.620. The third kappa shape index (κ3) is 5.15. The largest absolute Gasteiger partial charge is 0.377 e. The molecule has 4 saturated heterocycles. The van der Waals surface area contributed by atoms with Crippen molar-refractivity contribution in [3.8, 4) is 0 Å². The first-order valence-electron chi connectivity index (χ1n) is 13.7. The molecule has 2 atom stereocenters. The first-order valence-corrected chi connectivity index (χ1v) is 15.6. The van der Waals surface area contributed by atoms with E-state index in [1.165, 1.54) is 46.6 Å². The highest BCUT2D eigenvalue weighted by molar-refractivity contribution is 7.92. The van der Waals surface area contributed by atoms with Gasteiger partial charge in [-0.3, -0.25) is 9.62 Å². The van der Waals surface area contributed by atoms with E-state index in [0.29, 0.717) is 25.2 Å². The lowest BCUT2D eigenvalue weighted by molar-refractivity contribution is 0.0904. The average molecular weight is 543 g/mol. The number of piperidine rings is 1. The number of ether oxygens (including phenoxy) is 1. The summed E-state index contributed by atoms with van der Waals surface area (Å²) < 4.78 is 32.3. The second kappa shape index (κ2) is 9.84. The molecule has 0 saturated carbocycles. The van der Waals surface area contributed by atoms with Crippen LogP contribution in [0.4, 0.5) is 16.3 Å². The van der Waals surface area contributed by atoms with Gasteiger partial charge in [-0.2, -0.15) is 4.68 Å². The summed E-state index contributed by atoms with van der Waals surface area (Å²) in [6, 6.07) is 9.21. The average Bonchev–Trinajstić information content (AvgIpc) is 3.55. The number of morpholine rings is 1. The van der Waals surface area contributed by atoms with Gasteiger partial charge in [0.25, 0.3) is 0 Å². The summed E-state index contributed by atoms with van der Waals surface area (Å²) in [5, 5.41) is 4.10. The van der Waals surface area contributed by atoms with Crippen LogP contribution in [0.15, 0.2) is 30.5 Å². The van der Waals surface area contributed by atoms with Crippen molar-refractivity contribution in [3.63, 3.8) is 0 Å². The number of nitrogens with one attached hydrogen (secondary N) is 1. The molecular formula is C27H38N6O4S. The Balaban J connectivity index is 1.08. The molecule has 10 nitrogen and oxygen atoms in total. The number of rotatable bonds is 5. The molecule has 2 bridgehead atoms. The van der Waals surface area contributed by atoms with Crippen LogP contribution in [0.2, 0.25) is 0 Å². The highest BCUT2D eigenvalue weighted by atomic mass is 32.2. The van der Waals surface area contributed by atoms with E-state index >= 15 is 0 Å². The molecule has 1 N–H and O–H groups in total. The number of hydrogen-bond donors (Lipinski definition) is 1. The maximum absolute atomic E-state index is 13.0. The van der Waals surface area contributed by atoms with Gasteiger partial charge in [0.2, 0.25) is 10.0 Å². The molecule has 4 aliphatic heterocycles. The van der Waals surface area contributed by atoms with Crippen molar-refractivity contribution in [1.29, 1.82) is 0 Å². The van der Waals surface area contributed by atoms with E-state index in [9.17, 15) is 13.2 Å². The molecule has 38 heavy (non-hydrogen) atoms. The molecule has 2 aromatic rings. The van der Waals surface area contributed by atoms with Crippen LogP contribution in [-0.4, -0.2) is 91.8 Å². The van der Waals surface area contributed by atoms with Crippen LogP contribution in [0.3, 0.4) is 0 Å². The molecule has 1 amide bonds. The SMILES string of the molecule is Cc1ccc(CN2CCC3(CCN(C(=O)n4ccc(NS(C)(=O)=O)n4)CC3)C2)c(N2C3CCC2COC3)c1. The molecule has 5 heterocycles. The minimum atomic E-state index is -3.44. The molecule has 0 aliphatic carbocycles. The van der Waals surface area contributed by atoms with E-state index in [0.717, 1.165) is 58.4 Å². The van der Waals surface area contributed by atoms with Gasteiger partial charge in [0.05, 0.1) is 31.6 Å². The fourth-order valence-electron chi connectivity index (χ4n) is 6.87. The van der Waals surface area contributed by atoms with Gasteiger partial charge in [-0.1, -0.05) is 12.1 Å². The lowest BCUT2D eigenvalue weighted by Gasteiger charge is -2.39. The van der Waals surface area contributed by atoms with Crippen LogP contribution in [0.1, 0.15) is 43.2 Å². The Morgan fingerprint density at radius 2 is 1.82 bits per heavy atom. The van der Waals surface area contributed by atoms with Crippen molar-refractivity contribution in [2.75, 3.05) is 55.3 Å². The lowest BCUT2D eigenvalue weighted by atomic mass is 9.78. The summed E-state index contributed by atoms with van der Waals surface area (Å²) in [6.07, 6.45) is 8.11. The Morgan fingerprint density at radius 1 is 1.11 bits per heavy atom. The third-order valence-electron chi connectivity index (χ3n) is 8.84. The van der Waals surface area contributed by atoms with E-state index in [1.807, 2.05) is 4.90 Å². The zero-order valence-electron chi connectivity index (χ0n) is 22.3. The van der Waals surface area contributed by atoms with Gasteiger partial charge in [0, 0.05) is 44.1 Å². The number of sulfonamides is 1. The van der Waals surface area contributed by atoms with Gasteiger partial charge in [-0.25, -0.2) is 13.2 Å². The molecule has 4 fully saturated rings. The summed E-state index contributed by atoms with van der Waals surface area (Å²) >= 11 is 0. The molecule has 206 valence electrons. The number of carbonyl (C=O) groups excluding carboxylic acids is 1. The van der Waals surface area contributed by atoms with Crippen LogP contribution < -0.4 is 9.62 Å². The number of aromatic nitrogens is 2. The first-order chi connectivity index (χ1) is 18.2. The number of carbonyl (C=O) groups is 1. The number of benzene rings is 1. The van der Waals surface area contributed by atoms with Gasteiger partial charge in [0.1, 0.15) is 0 Å². The van der Waals surface area contributed by atoms with Gasteiger partial charge >= 0.3 is 6.03 Å². The Bertz CT molecular complexity index is 1290. The van der Waals surface area contributed by atoms with E-state index in [-0.39, 0.29) is 17.3 Å². The van der Waals surface area contributed by atoms with Gasteiger partial charge in [-0.15, -0.1) is 5.10 Å². The number of fused-ring (bicyclic) bond motifs is 2. The van der Waals surface area contributed by atoms with E-state index in [1.54, 1.807) is 0 Å². The maximum atomic E-state index is 13.0. The molecule has 1 spiro atoms. The standard InChI is InChI=1S/C27H38N6O4S/c1-20-3-4-21(24(15-20)33-22-5-6-23(33)18-37-17-22)16-30-12-8-27(19-30)9-13-31(14-10-27)26(34)32-11-7-25(28-32)29-38(2,35)36/h3-4,7,11,15,22-23H,5-6,8-10,12-14,16-19H2,1-2H3,(H,28,29). The molecule has 6 rings (SSSR count). The Kier molecular flexibility index (Phi) is 6.64. The van der Waals surface area contributed by atoms with Crippen molar-refractivity contribution < 1.29 is 17.9 Å². The fourth-order valence-corrected chi connectivity index (χ4v) is 7.36. The van der Waals surface area contributed by atoms with Crippen LogP contribution in [0.5, 0.6) is 0 Å². The Morgan fingerprint density at radius 3 is 2.53 bits per heavy atom. The predicted octanol–water partition coefficient (Wildman–Crippen LogP) is 2.89. The fraction of sp³-hybridized carbons (Fsp3) is 0.630. The van der Waals surface area contributed by atoms with Crippen molar-refractivity contribution in [2.24, 2.45) is 5.41 Å². The van der Waals surface area contributed by atoms with Gasteiger partial charge in [0.15, 0.2) is 5.82 Å². The van der Waals surface area contributed by atoms with Crippen molar-refractivity contribution in [3.05, 3.63) is 41.6 Å². The molecule has 2 unspecified atom stereocenters. The van der Waals surface area contributed by atoms with Gasteiger partial charge in [-0.05, 0) is 68.2 Å². The molecule has 1 aromatic carbocycles. The van der Waals surface area contributed by atoms with E-state index < -0.39 is 10.0 Å². The second-order valence-electron chi connectivity index (χ2n) is 11.7. The molecule has 4 aliphatic rings. The molecule has 11 heteroatoms. The van der Waals surface area contributed by atoms with Crippen LogP contribution in [0.25, 0.3) is 0 Å². The molecule has 0 radical (unpaired) electrons. The summed E-state index contributed by atoms with van der Waals surface area (Å²) in [5.41, 5.74) is 4.36. The van der Waals surface area contributed by atoms with Crippen molar-refractivity contribution in [1.82, 2.24) is 19.6 Å². The molecular weight excluding hydrogens is 504 g/mol. The smallest absolute Gasteiger partial charge is 0.344 e. The summed E-state index contributed by atoms with van der Waals surface area (Å²) in [7, 11) is -3.44. The van der Waals surface area contributed by atoms with Crippen LogP contribution in [-0.2, 0) is 21.3 Å². The van der Waals surface area contributed by atoms with Crippen molar-refractivity contribution in [2.45, 2.75) is 57.7 Å². The number of likely N-dealkylation sites (tertiary alicyclic amines) is 2. The lowest BCUT2D eigenvalue weighted by Crippen LogP contribution is -2.46. The van der Waals surface area contributed by atoms with Gasteiger partial charge < -0.3 is 14.5 Å². The zero-order chi connectivity index (χ0) is 26.5. The second-order valence-corrected chi connectivity index (χ2v) is 13.5. The number of amides is 1. The van der Waals surface area contributed by atoms with E-state index in [4.69, 9.17) is 4.74 Å². The number of nitrogens with zero attached hydrogens (tertiary/aromatic N) is 5.